The fourth-order valence-corrected chi connectivity index (χ4v) is 2.83. The van der Waals surface area contributed by atoms with Gasteiger partial charge in [0.25, 0.3) is 11.9 Å². The van der Waals surface area contributed by atoms with Gasteiger partial charge >= 0.3 is 0 Å². The maximum Gasteiger partial charge on any atom is 0.252 e. The number of amides is 1. The molecular weight excluding hydrogens is 336 g/mol. The van der Waals surface area contributed by atoms with Gasteiger partial charge in [-0.2, -0.15) is 9.78 Å². The average molecular weight is 349 g/mol. The first-order chi connectivity index (χ1) is 11.0. The number of halogens is 1. The third-order valence-electron chi connectivity index (χ3n) is 3.10. The van der Waals surface area contributed by atoms with Gasteiger partial charge in [-0.05, 0) is 25.5 Å². The van der Waals surface area contributed by atoms with Gasteiger partial charge in [0.2, 0.25) is 0 Å². The van der Waals surface area contributed by atoms with E-state index in [-0.39, 0.29) is 11.9 Å². The molecule has 0 aliphatic heterocycles. The lowest BCUT2D eigenvalue weighted by molar-refractivity contribution is 0.0938. The highest BCUT2D eigenvalue weighted by Crippen LogP contribution is 2.20. The van der Waals surface area contributed by atoms with Crippen molar-refractivity contribution in [1.29, 1.82) is 0 Å². The fraction of sp³-hybridized carbons (Fsp3) is 0.214. The van der Waals surface area contributed by atoms with Crippen LogP contribution in [-0.2, 0) is 0 Å². The van der Waals surface area contributed by atoms with E-state index in [0.717, 1.165) is 5.56 Å². The molecule has 9 heteroatoms. The van der Waals surface area contributed by atoms with Gasteiger partial charge in [0, 0.05) is 17.8 Å². The lowest BCUT2D eigenvalue weighted by atomic mass is 10.2. The molecule has 3 aromatic rings. The summed E-state index contributed by atoms with van der Waals surface area (Å²) in [5.41, 5.74) is 1.47. The molecule has 0 aromatic carbocycles. The van der Waals surface area contributed by atoms with Crippen molar-refractivity contribution in [3.63, 3.8) is 0 Å². The van der Waals surface area contributed by atoms with Gasteiger partial charge in [-0.3, -0.25) is 4.79 Å². The van der Waals surface area contributed by atoms with Crippen LogP contribution in [-0.4, -0.2) is 30.6 Å². The molecule has 0 radical (unpaired) electrons. The zero-order chi connectivity index (χ0) is 16.4. The third-order valence-corrected chi connectivity index (χ3v) is 4.19. The Kier molecular flexibility index (Phi) is 4.35. The summed E-state index contributed by atoms with van der Waals surface area (Å²) in [6, 6.07) is 1.26. The first-order valence-corrected chi connectivity index (χ1v) is 8.04. The molecule has 3 rings (SSSR count). The minimum atomic E-state index is -0.367. The van der Waals surface area contributed by atoms with Gasteiger partial charge in [-0.1, -0.05) is 11.6 Å². The summed E-state index contributed by atoms with van der Waals surface area (Å²) in [5.74, 6) is 0.728. The number of nitrogens with one attached hydrogen (secondary N) is 1. The molecule has 118 valence electrons. The van der Waals surface area contributed by atoms with E-state index < -0.39 is 0 Å². The SMILES string of the molecule is Cc1cnc(-n2ncnc2[C@@H](C)NC(=O)c2csc(Cl)c2)nc1. The van der Waals surface area contributed by atoms with Crippen LogP contribution in [0.2, 0.25) is 4.34 Å². The number of nitrogens with zero attached hydrogens (tertiary/aromatic N) is 5. The number of rotatable bonds is 4. The van der Waals surface area contributed by atoms with E-state index in [1.165, 1.54) is 22.3 Å². The Balaban J connectivity index is 1.81. The van der Waals surface area contributed by atoms with E-state index >= 15 is 0 Å². The van der Waals surface area contributed by atoms with Gasteiger partial charge in [0.05, 0.1) is 15.9 Å². The summed E-state index contributed by atoms with van der Waals surface area (Å²) in [7, 11) is 0. The number of hydrogen-bond acceptors (Lipinski definition) is 6. The fourth-order valence-electron chi connectivity index (χ4n) is 1.97. The molecule has 1 amide bonds. The Labute approximate surface area is 141 Å². The number of thiophene rings is 1. The zero-order valence-corrected chi connectivity index (χ0v) is 14.0. The number of aromatic nitrogens is 5. The Morgan fingerprint density at radius 2 is 2.09 bits per heavy atom. The first kappa shape index (κ1) is 15.6. The molecule has 1 N–H and O–H groups in total. The summed E-state index contributed by atoms with van der Waals surface area (Å²) < 4.78 is 2.07. The highest BCUT2D eigenvalue weighted by atomic mass is 35.5. The maximum atomic E-state index is 12.2. The minimum absolute atomic E-state index is 0.222. The smallest absolute Gasteiger partial charge is 0.252 e. The normalized spacial score (nSPS) is 12.1. The van der Waals surface area contributed by atoms with Crippen LogP contribution in [0.25, 0.3) is 5.95 Å². The van der Waals surface area contributed by atoms with Gasteiger partial charge in [0.1, 0.15) is 6.33 Å². The summed E-state index contributed by atoms with van der Waals surface area (Å²) >= 11 is 7.16. The van der Waals surface area contributed by atoms with Crippen molar-refractivity contribution < 1.29 is 4.79 Å². The van der Waals surface area contributed by atoms with Gasteiger partial charge in [0.15, 0.2) is 5.82 Å². The van der Waals surface area contributed by atoms with Gasteiger partial charge in [-0.25, -0.2) is 15.0 Å². The lowest BCUT2D eigenvalue weighted by Gasteiger charge is -2.13. The standard InChI is InChI=1S/C14H13ClN6OS/c1-8-4-16-14(17-5-8)21-12(18-7-19-21)9(2)20-13(22)10-3-11(15)23-6-10/h3-7,9H,1-2H3,(H,20,22)/t9-/m1/s1. The van der Waals surface area contributed by atoms with Crippen LogP contribution in [0, 0.1) is 6.92 Å². The Bertz CT molecular complexity index is 828. The summed E-state index contributed by atoms with van der Waals surface area (Å²) in [6.07, 6.45) is 4.80. The molecule has 3 aromatic heterocycles. The van der Waals surface area contributed by atoms with Crippen LogP contribution in [0.3, 0.4) is 0 Å². The van der Waals surface area contributed by atoms with Crippen molar-refractivity contribution in [3.8, 4) is 5.95 Å². The molecule has 0 spiro atoms. The second kappa shape index (κ2) is 6.43. The Hall–Kier alpha value is -2.32. The Morgan fingerprint density at radius 1 is 1.35 bits per heavy atom. The third kappa shape index (κ3) is 3.38. The summed E-state index contributed by atoms with van der Waals surface area (Å²) in [6.45, 7) is 3.72. The number of aryl methyl sites for hydroxylation is 1. The lowest BCUT2D eigenvalue weighted by Crippen LogP contribution is -2.28. The van der Waals surface area contributed by atoms with Gasteiger partial charge in [-0.15, -0.1) is 11.3 Å². The molecule has 0 aliphatic rings. The van der Waals surface area contributed by atoms with Crippen LogP contribution in [0.15, 0.2) is 30.2 Å². The van der Waals surface area contributed by atoms with Crippen LogP contribution in [0.5, 0.6) is 0 Å². The molecule has 0 saturated carbocycles. The second-order valence-corrected chi connectivity index (χ2v) is 6.47. The highest BCUT2D eigenvalue weighted by molar-refractivity contribution is 7.14. The first-order valence-electron chi connectivity index (χ1n) is 6.78. The molecule has 7 nitrogen and oxygen atoms in total. The zero-order valence-electron chi connectivity index (χ0n) is 12.4. The van der Waals surface area contributed by atoms with E-state index in [4.69, 9.17) is 11.6 Å². The van der Waals surface area contributed by atoms with Crippen molar-refractivity contribution in [1.82, 2.24) is 30.0 Å². The minimum Gasteiger partial charge on any atom is -0.342 e. The molecule has 0 bridgehead atoms. The van der Waals surface area contributed by atoms with E-state index in [1.807, 2.05) is 13.8 Å². The predicted molar refractivity (Wildman–Crippen MR) is 86.9 cm³/mol. The van der Waals surface area contributed by atoms with Crippen LogP contribution in [0.1, 0.15) is 34.7 Å². The quantitative estimate of drug-likeness (QED) is 0.783. The molecule has 0 saturated heterocycles. The van der Waals surface area contributed by atoms with Crippen LogP contribution in [0.4, 0.5) is 0 Å². The number of carbonyl (C=O) groups is 1. The van der Waals surface area contributed by atoms with Crippen LogP contribution >= 0.6 is 22.9 Å². The van der Waals surface area contributed by atoms with E-state index in [1.54, 1.807) is 23.8 Å². The topological polar surface area (TPSA) is 85.6 Å². The van der Waals surface area contributed by atoms with Crippen molar-refractivity contribution in [2.45, 2.75) is 19.9 Å². The van der Waals surface area contributed by atoms with Crippen molar-refractivity contribution in [2.75, 3.05) is 0 Å². The molecule has 0 unspecified atom stereocenters. The van der Waals surface area contributed by atoms with Crippen LogP contribution < -0.4 is 5.32 Å². The molecular formula is C14H13ClN6OS. The second-order valence-electron chi connectivity index (χ2n) is 4.93. The Morgan fingerprint density at radius 3 is 2.74 bits per heavy atom. The average Bonchev–Trinajstić information content (AvgIpc) is 3.17. The molecule has 0 aliphatic carbocycles. The molecule has 3 heterocycles. The molecule has 1 atom stereocenters. The van der Waals surface area contributed by atoms with Crippen molar-refractivity contribution >= 4 is 28.8 Å². The monoisotopic (exact) mass is 348 g/mol. The van der Waals surface area contributed by atoms with E-state index in [2.05, 4.69) is 25.4 Å². The maximum absolute atomic E-state index is 12.2. The predicted octanol–water partition coefficient (Wildman–Crippen LogP) is 2.57. The molecule has 0 fully saturated rings. The van der Waals surface area contributed by atoms with E-state index in [0.29, 0.717) is 21.7 Å². The largest absolute Gasteiger partial charge is 0.342 e. The molecule has 23 heavy (non-hydrogen) atoms. The summed E-state index contributed by atoms with van der Waals surface area (Å²) in [5, 5.41) is 8.70. The number of carbonyl (C=O) groups excluding carboxylic acids is 1. The number of hydrogen-bond donors (Lipinski definition) is 1. The summed E-state index contributed by atoms with van der Waals surface area (Å²) in [4.78, 5) is 24.9. The van der Waals surface area contributed by atoms with Gasteiger partial charge < -0.3 is 5.32 Å². The van der Waals surface area contributed by atoms with Crippen molar-refractivity contribution in [3.05, 3.63) is 51.5 Å². The highest BCUT2D eigenvalue weighted by Gasteiger charge is 2.19. The van der Waals surface area contributed by atoms with Crippen molar-refractivity contribution in [2.24, 2.45) is 0 Å². The van der Waals surface area contributed by atoms with E-state index in [9.17, 15) is 4.79 Å².